The second-order valence-corrected chi connectivity index (χ2v) is 7.99. The van der Waals surface area contributed by atoms with Crippen molar-refractivity contribution in [2.75, 3.05) is 20.1 Å². The molecule has 8 heteroatoms. The summed E-state index contributed by atoms with van der Waals surface area (Å²) in [4.78, 5) is 16.7. The van der Waals surface area contributed by atoms with Crippen molar-refractivity contribution in [2.24, 2.45) is 0 Å². The van der Waals surface area contributed by atoms with Crippen LogP contribution in [0.2, 0.25) is 5.02 Å². The van der Waals surface area contributed by atoms with Crippen molar-refractivity contribution in [2.45, 2.75) is 19.1 Å². The van der Waals surface area contributed by atoms with Crippen molar-refractivity contribution in [3.63, 3.8) is 0 Å². The molecule has 0 spiro atoms. The second-order valence-electron chi connectivity index (χ2n) is 7.55. The summed E-state index contributed by atoms with van der Waals surface area (Å²) >= 11 is 5.82. The lowest BCUT2D eigenvalue weighted by Gasteiger charge is -2.33. The van der Waals surface area contributed by atoms with Gasteiger partial charge >= 0.3 is 0 Å². The predicted molar refractivity (Wildman–Crippen MR) is 114 cm³/mol. The van der Waals surface area contributed by atoms with Gasteiger partial charge in [0.2, 0.25) is 0 Å². The van der Waals surface area contributed by atoms with Crippen LogP contribution in [-0.2, 0) is 6.61 Å². The van der Waals surface area contributed by atoms with E-state index in [4.69, 9.17) is 21.1 Å². The van der Waals surface area contributed by atoms with Gasteiger partial charge in [-0.25, -0.2) is 0 Å². The van der Waals surface area contributed by atoms with E-state index >= 15 is 0 Å². The number of likely N-dealkylation sites (N-methyl/N-ethyl adjacent to an activating group) is 1. The summed E-state index contributed by atoms with van der Waals surface area (Å²) in [6.07, 6.45) is 3.89. The standard InChI is InChI=1S/C22H22ClN3O4/c1-26(28)11-9-21(14-26)30-19-6-4-18(5-7-19)25-10-8-20(12-22(25)27)29-15-17-3-2-16(23)13-24-17/h2-8,10,12-13,21H,9,11,14-15H2,1H3/t21-,26?/m1/s1. The number of aromatic nitrogens is 2. The highest BCUT2D eigenvalue weighted by Gasteiger charge is 2.29. The van der Waals surface area contributed by atoms with Gasteiger partial charge in [-0.3, -0.25) is 14.3 Å². The molecule has 0 N–H and O–H groups in total. The Labute approximate surface area is 179 Å². The van der Waals surface area contributed by atoms with Gasteiger partial charge in [-0.05, 0) is 42.5 Å². The van der Waals surface area contributed by atoms with Gasteiger partial charge in [0.1, 0.15) is 24.7 Å². The first-order chi connectivity index (χ1) is 14.4. The average molecular weight is 428 g/mol. The highest BCUT2D eigenvalue weighted by atomic mass is 35.5. The molecule has 7 nitrogen and oxygen atoms in total. The first-order valence-corrected chi connectivity index (χ1v) is 10.0. The molecule has 1 aliphatic rings. The molecule has 156 valence electrons. The maximum Gasteiger partial charge on any atom is 0.258 e. The van der Waals surface area contributed by atoms with Crippen molar-refractivity contribution in [3.05, 3.63) is 87.2 Å². The molecular weight excluding hydrogens is 406 g/mol. The molecule has 1 saturated heterocycles. The minimum atomic E-state index is -0.263. The predicted octanol–water partition coefficient (Wildman–Crippen LogP) is 3.56. The second kappa shape index (κ2) is 8.47. The molecule has 0 radical (unpaired) electrons. The Kier molecular flexibility index (Phi) is 5.76. The van der Waals surface area contributed by atoms with E-state index in [-0.39, 0.29) is 22.9 Å². The number of hydrogen-bond acceptors (Lipinski definition) is 5. The number of hydroxylamine groups is 3. The van der Waals surface area contributed by atoms with E-state index in [9.17, 15) is 10.0 Å². The van der Waals surface area contributed by atoms with E-state index in [1.54, 1.807) is 37.6 Å². The summed E-state index contributed by atoms with van der Waals surface area (Å²) < 4.78 is 12.8. The molecule has 0 saturated carbocycles. The summed E-state index contributed by atoms with van der Waals surface area (Å²) in [5.41, 5.74) is 1.23. The Morgan fingerprint density at radius 3 is 2.63 bits per heavy atom. The molecule has 1 aromatic carbocycles. The number of pyridine rings is 2. The van der Waals surface area contributed by atoms with E-state index in [0.29, 0.717) is 35.3 Å². The van der Waals surface area contributed by atoms with Crippen molar-refractivity contribution in [1.29, 1.82) is 0 Å². The van der Waals surface area contributed by atoms with Crippen LogP contribution >= 0.6 is 11.6 Å². The topological polar surface area (TPSA) is 76.4 Å². The molecule has 2 aromatic heterocycles. The number of rotatable bonds is 6. The normalized spacial score (nSPS) is 20.8. The molecule has 1 aliphatic heterocycles. The monoisotopic (exact) mass is 427 g/mol. The van der Waals surface area contributed by atoms with Crippen molar-refractivity contribution in [1.82, 2.24) is 9.55 Å². The van der Waals surface area contributed by atoms with E-state index in [1.165, 1.54) is 10.6 Å². The van der Waals surface area contributed by atoms with Crippen molar-refractivity contribution in [3.8, 4) is 17.2 Å². The number of ether oxygens (including phenoxy) is 2. The summed E-state index contributed by atoms with van der Waals surface area (Å²) in [6.45, 7) is 1.27. The van der Waals surface area contributed by atoms with Crippen molar-refractivity contribution >= 4 is 11.6 Å². The Bertz CT molecular complexity index is 1060. The number of likely N-dealkylation sites (tertiary alicyclic amines) is 1. The van der Waals surface area contributed by atoms with Crippen LogP contribution in [-0.4, -0.2) is 40.4 Å². The highest BCUT2D eigenvalue weighted by Crippen LogP contribution is 2.22. The Balaban J connectivity index is 1.40. The molecule has 1 unspecified atom stereocenters. The van der Waals surface area contributed by atoms with E-state index in [0.717, 1.165) is 12.1 Å². The maximum atomic E-state index is 12.5. The van der Waals surface area contributed by atoms with Gasteiger partial charge in [-0.15, -0.1) is 0 Å². The fourth-order valence-corrected chi connectivity index (χ4v) is 3.53. The molecule has 4 rings (SSSR count). The quantitative estimate of drug-likeness (QED) is 0.444. The molecule has 0 aliphatic carbocycles. The van der Waals surface area contributed by atoms with Gasteiger partial charge in [0.25, 0.3) is 5.56 Å². The molecule has 30 heavy (non-hydrogen) atoms. The smallest absolute Gasteiger partial charge is 0.258 e. The van der Waals surface area contributed by atoms with Crippen LogP contribution in [0.15, 0.2) is 65.7 Å². The van der Waals surface area contributed by atoms with Gasteiger partial charge in [0.15, 0.2) is 6.10 Å². The van der Waals surface area contributed by atoms with Crippen LogP contribution in [0.3, 0.4) is 0 Å². The van der Waals surface area contributed by atoms with Crippen LogP contribution < -0.4 is 15.0 Å². The van der Waals surface area contributed by atoms with Crippen LogP contribution in [0, 0.1) is 5.21 Å². The van der Waals surface area contributed by atoms with Gasteiger partial charge in [0.05, 0.1) is 24.3 Å². The Morgan fingerprint density at radius 2 is 2.00 bits per heavy atom. The molecule has 3 aromatic rings. The molecule has 2 atom stereocenters. The SMILES string of the molecule is C[N+]1([O-])CC[C@@H](Oc2ccc(-n3ccc(OCc4ccc(Cl)cn4)cc3=O)cc2)C1. The van der Waals surface area contributed by atoms with Gasteiger partial charge < -0.3 is 19.3 Å². The number of benzene rings is 1. The molecular formula is C22H22ClN3O4. The number of halogens is 1. The van der Waals surface area contributed by atoms with Crippen LogP contribution in [0.4, 0.5) is 0 Å². The third kappa shape index (κ3) is 4.99. The van der Waals surface area contributed by atoms with Crippen molar-refractivity contribution < 1.29 is 14.1 Å². The summed E-state index contributed by atoms with van der Waals surface area (Å²) in [6, 6.07) is 13.9. The third-order valence-corrected chi connectivity index (χ3v) is 5.22. The number of quaternary nitrogens is 1. The molecule has 0 bridgehead atoms. The summed E-state index contributed by atoms with van der Waals surface area (Å²) in [5.74, 6) is 1.15. The Morgan fingerprint density at radius 1 is 1.20 bits per heavy atom. The van der Waals surface area contributed by atoms with Crippen LogP contribution in [0.5, 0.6) is 11.5 Å². The molecule has 3 heterocycles. The van der Waals surface area contributed by atoms with Gasteiger partial charge in [-0.1, -0.05) is 11.6 Å². The molecule has 1 fully saturated rings. The number of hydrogen-bond donors (Lipinski definition) is 0. The zero-order valence-corrected chi connectivity index (χ0v) is 17.3. The first-order valence-electron chi connectivity index (χ1n) is 9.67. The number of nitrogens with zero attached hydrogens (tertiary/aromatic N) is 3. The fourth-order valence-electron chi connectivity index (χ4n) is 3.42. The van der Waals surface area contributed by atoms with Gasteiger partial charge in [0, 0.05) is 30.6 Å². The molecule has 0 amide bonds. The lowest BCUT2D eigenvalue weighted by molar-refractivity contribution is -0.848. The average Bonchev–Trinajstić information content (AvgIpc) is 3.07. The lowest BCUT2D eigenvalue weighted by atomic mass is 10.2. The zero-order chi connectivity index (χ0) is 21.1. The summed E-state index contributed by atoms with van der Waals surface area (Å²) in [7, 11) is 1.66. The lowest BCUT2D eigenvalue weighted by Crippen LogP contribution is -2.36. The van der Waals surface area contributed by atoms with E-state index in [1.807, 2.05) is 24.3 Å². The maximum absolute atomic E-state index is 12.5. The van der Waals surface area contributed by atoms with E-state index < -0.39 is 0 Å². The minimum absolute atomic E-state index is 0.0763. The minimum Gasteiger partial charge on any atom is -0.633 e. The van der Waals surface area contributed by atoms with Gasteiger partial charge in [-0.2, -0.15) is 0 Å². The highest BCUT2D eigenvalue weighted by molar-refractivity contribution is 6.30. The zero-order valence-electron chi connectivity index (χ0n) is 16.5. The fraction of sp³-hybridized carbons (Fsp3) is 0.273. The van der Waals surface area contributed by atoms with Crippen LogP contribution in [0.25, 0.3) is 5.69 Å². The van der Waals surface area contributed by atoms with E-state index in [2.05, 4.69) is 4.98 Å². The largest absolute Gasteiger partial charge is 0.633 e. The summed E-state index contributed by atoms with van der Waals surface area (Å²) in [5, 5.41) is 12.5. The first kappa shape index (κ1) is 20.4. The van der Waals surface area contributed by atoms with Crippen LogP contribution in [0.1, 0.15) is 12.1 Å². The Hall–Kier alpha value is -2.87. The third-order valence-electron chi connectivity index (χ3n) is 5.00.